The average molecular weight is 310 g/mol. The van der Waals surface area contributed by atoms with Crippen LogP contribution in [0, 0.1) is 0 Å². The molecular formula is C13H14N2O5S. The van der Waals surface area contributed by atoms with Crippen LogP contribution >= 0.6 is 0 Å². The van der Waals surface area contributed by atoms with Crippen LogP contribution in [0.3, 0.4) is 0 Å². The van der Waals surface area contributed by atoms with Crippen molar-refractivity contribution in [1.29, 1.82) is 0 Å². The van der Waals surface area contributed by atoms with Crippen LogP contribution < -0.4 is 0 Å². The van der Waals surface area contributed by atoms with E-state index in [1.807, 2.05) is 0 Å². The van der Waals surface area contributed by atoms with Gasteiger partial charge >= 0.3 is 6.09 Å². The Morgan fingerprint density at radius 1 is 1.24 bits per heavy atom. The van der Waals surface area contributed by atoms with Crippen molar-refractivity contribution in [3.63, 3.8) is 0 Å². The molecule has 112 valence electrons. The van der Waals surface area contributed by atoms with Gasteiger partial charge in [0.05, 0.1) is 17.5 Å². The molecule has 2 aliphatic heterocycles. The van der Waals surface area contributed by atoms with E-state index in [1.54, 1.807) is 18.2 Å². The molecule has 0 radical (unpaired) electrons. The number of sulfonamides is 1. The second-order valence-electron chi connectivity index (χ2n) is 5.11. The highest BCUT2D eigenvalue weighted by molar-refractivity contribution is 7.89. The van der Waals surface area contributed by atoms with Crippen molar-refractivity contribution in [2.24, 2.45) is 0 Å². The number of benzene rings is 1. The molecule has 21 heavy (non-hydrogen) atoms. The zero-order chi connectivity index (χ0) is 15.2. The van der Waals surface area contributed by atoms with Gasteiger partial charge in [-0.05, 0) is 18.6 Å². The molecule has 2 atom stereocenters. The summed E-state index contributed by atoms with van der Waals surface area (Å²) in [6.07, 6.45) is -0.843. The third kappa shape index (κ3) is 2.11. The van der Waals surface area contributed by atoms with Crippen molar-refractivity contribution < 1.29 is 23.1 Å². The summed E-state index contributed by atoms with van der Waals surface area (Å²) in [5, 5.41) is 9.09. The first-order valence-electron chi connectivity index (χ1n) is 6.52. The van der Waals surface area contributed by atoms with Crippen molar-refractivity contribution in [2.75, 3.05) is 13.1 Å². The molecule has 2 saturated heterocycles. The number of nitrogens with zero attached hydrogens (tertiary/aromatic N) is 2. The van der Waals surface area contributed by atoms with E-state index in [9.17, 15) is 18.0 Å². The summed E-state index contributed by atoms with van der Waals surface area (Å²) >= 11 is 0. The zero-order valence-electron chi connectivity index (χ0n) is 11.0. The minimum Gasteiger partial charge on any atom is -0.465 e. The summed E-state index contributed by atoms with van der Waals surface area (Å²) in [6.45, 7) is -0.0897. The van der Waals surface area contributed by atoms with Gasteiger partial charge in [0.1, 0.15) is 6.04 Å². The molecule has 0 aromatic heterocycles. The number of ketones is 1. The fourth-order valence-corrected chi connectivity index (χ4v) is 4.68. The van der Waals surface area contributed by atoms with E-state index in [4.69, 9.17) is 5.11 Å². The molecule has 0 bridgehead atoms. The minimum atomic E-state index is -3.78. The number of Topliss-reactive ketones (excluding diaryl/α,β-unsaturated/α-hetero) is 1. The average Bonchev–Trinajstić information content (AvgIpc) is 3.02. The molecule has 0 saturated carbocycles. The van der Waals surface area contributed by atoms with E-state index in [0.717, 1.165) is 9.21 Å². The highest BCUT2D eigenvalue weighted by Gasteiger charge is 2.53. The Labute approximate surface area is 121 Å². The van der Waals surface area contributed by atoms with Crippen LogP contribution in [-0.2, 0) is 14.8 Å². The van der Waals surface area contributed by atoms with Crippen LogP contribution in [-0.4, -0.2) is 59.8 Å². The summed E-state index contributed by atoms with van der Waals surface area (Å²) in [6, 6.07) is 6.40. The number of carbonyl (C=O) groups excluding carboxylic acids is 1. The summed E-state index contributed by atoms with van der Waals surface area (Å²) in [7, 11) is -3.78. The highest BCUT2D eigenvalue weighted by Crippen LogP contribution is 2.33. The third-order valence-electron chi connectivity index (χ3n) is 3.97. The van der Waals surface area contributed by atoms with Crippen molar-refractivity contribution >= 4 is 21.9 Å². The summed E-state index contributed by atoms with van der Waals surface area (Å²) in [5.41, 5.74) is 0. The molecule has 0 unspecified atom stereocenters. The van der Waals surface area contributed by atoms with Crippen molar-refractivity contribution in [2.45, 2.75) is 23.4 Å². The standard InChI is InChI=1S/C13H14N2O5S/c16-11-8-15(10-6-7-14(12(10)11)13(17)18)21(19,20)9-4-2-1-3-5-9/h1-5,10,12H,6-8H2,(H,17,18)/t10-,12+/m1/s1. The van der Waals surface area contributed by atoms with Crippen LogP contribution in [0.25, 0.3) is 0 Å². The zero-order valence-corrected chi connectivity index (χ0v) is 11.9. The Morgan fingerprint density at radius 2 is 1.90 bits per heavy atom. The molecule has 0 spiro atoms. The van der Waals surface area contributed by atoms with Gasteiger partial charge in [-0.15, -0.1) is 0 Å². The number of hydrogen-bond donors (Lipinski definition) is 1. The first-order chi connectivity index (χ1) is 9.93. The number of amides is 1. The molecule has 0 aliphatic carbocycles. The molecule has 1 amide bonds. The maximum absolute atomic E-state index is 12.6. The van der Waals surface area contributed by atoms with Gasteiger partial charge in [-0.3, -0.25) is 9.69 Å². The Morgan fingerprint density at radius 3 is 2.52 bits per heavy atom. The molecular weight excluding hydrogens is 296 g/mol. The van der Waals surface area contributed by atoms with E-state index in [0.29, 0.717) is 6.42 Å². The lowest BCUT2D eigenvalue weighted by Gasteiger charge is -2.22. The monoisotopic (exact) mass is 310 g/mol. The summed E-state index contributed by atoms with van der Waals surface area (Å²) < 4.78 is 26.4. The van der Waals surface area contributed by atoms with E-state index in [1.165, 1.54) is 12.1 Å². The fraction of sp³-hybridized carbons (Fsp3) is 0.385. The molecule has 1 aromatic rings. The van der Waals surface area contributed by atoms with Crippen molar-refractivity contribution in [3.05, 3.63) is 30.3 Å². The van der Waals surface area contributed by atoms with Gasteiger partial charge in [0.15, 0.2) is 5.78 Å². The predicted octanol–water partition coefficient (Wildman–Crippen LogP) is 0.381. The quantitative estimate of drug-likeness (QED) is 0.852. The third-order valence-corrected chi connectivity index (χ3v) is 5.86. The first kappa shape index (κ1) is 14.0. The van der Waals surface area contributed by atoms with E-state index in [-0.39, 0.29) is 23.8 Å². The SMILES string of the molecule is O=C1CN(S(=O)(=O)c2ccccc2)[C@@H]2CCN(C(=O)O)[C@H]12. The number of rotatable bonds is 2. The highest BCUT2D eigenvalue weighted by atomic mass is 32.2. The van der Waals surface area contributed by atoms with Crippen LogP contribution in [0.1, 0.15) is 6.42 Å². The smallest absolute Gasteiger partial charge is 0.407 e. The van der Waals surface area contributed by atoms with Crippen LogP contribution in [0.5, 0.6) is 0 Å². The number of likely N-dealkylation sites (tertiary alicyclic amines) is 1. The van der Waals surface area contributed by atoms with Gasteiger partial charge in [-0.25, -0.2) is 13.2 Å². The molecule has 2 heterocycles. The topological polar surface area (TPSA) is 95.0 Å². The fourth-order valence-electron chi connectivity index (χ4n) is 3.04. The van der Waals surface area contributed by atoms with Gasteiger partial charge in [-0.1, -0.05) is 18.2 Å². The molecule has 1 aromatic carbocycles. The number of hydrogen-bond acceptors (Lipinski definition) is 4. The van der Waals surface area contributed by atoms with Gasteiger partial charge < -0.3 is 5.11 Å². The Bertz CT molecular complexity index is 688. The number of carboxylic acid groups (broad SMARTS) is 1. The minimum absolute atomic E-state index is 0.118. The summed E-state index contributed by atoms with van der Waals surface area (Å²) in [4.78, 5) is 24.3. The normalized spacial score (nSPS) is 26.1. The largest absolute Gasteiger partial charge is 0.465 e. The Kier molecular flexibility index (Phi) is 3.22. The van der Waals surface area contributed by atoms with E-state index >= 15 is 0 Å². The Balaban J connectivity index is 1.96. The molecule has 3 rings (SSSR count). The molecule has 7 nitrogen and oxygen atoms in total. The Hall–Kier alpha value is -1.93. The number of fused-ring (bicyclic) bond motifs is 1. The van der Waals surface area contributed by atoms with Crippen molar-refractivity contribution in [1.82, 2.24) is 9.21 Å². The number of carbonyl (C=O) groups is 2. The van der Waals surface area contributed by atoms with Crippen molar-refractivity contribution in [3.8, 4) is 0 Å². The van der Waals surface area contributed by atoms with Gasteiger partial charge in [-0.2, -0.15) is 4.31 Å². The molecule has 2 fully saturated rings. The van der Waals surface area contributed by atoms with Crippen LogP contribution in [0.15, 0.2) is 35.2 Å². The van der Waals surface area contributed by atoms with Gasteiger partial charge in [0, 0.05) is 6.54 Å². The lowest BCUT2D eigenvalue weighted by atomic mass is 10.1. The van der Waals surface area contributed by atoms with Crippen LogP contribution in [0.4, 0.5) is 4.79 Å². The second kappa shape index (κ2) is 4.81. The first-order valence-corrected chi connectivity index (χ1v) is 7.96. The maximum Gasteiger partial charge on any atom is 0.407 e. The molecule has 2 aliphatic rings. The molecule has 1 N–H and O–H groups in total. The van der Waals surface area contributed by atoms with E-state index in [2.05, 4.69) is 0 Å². The lowest BCUT2D eigenvalue weighted by molar-refractivity contribution is -0.120. The second-order valence-corrected chi connectivity index (χ2v) is 7.00. The molecule has 8 heteroatoms. The van der Waals surface area contributed by atoms with Gasteiger partial charge in [0.25, 0.3) is 0 Å². The lowest BCUT2D eigenvalue weighted by Crippen LogP contribution is -2.42. The maximum atomic E-state index is 12.6. The summed E-state index contributed by atoms with van der Waals surface area (Å²) in [5.74, 6) is -0.362. The van der Waals surface area contributed by atoms with Crippen LogP contribution in [0.2, 0.25) is 0 Å². The van der Waals surface area contributed by atoms with Gasteiger partial charge in [0.2, 0.25) is 10.0 Å². The van der Waals surface area contributed by atoms with E-state index < -0.39 is 28.2 Å². The predicted molar refractivity (Wildman–Crippen MR) is 72.3 cm³/mol.